The van der Waals surface area contributed by atoms with Crippen molar-refractivity contribution < 1.29 is 54.4 Å². The van der Waals surface area contributed by atoms with Crippen molar-refractivity contribution in [3.05, 3.63) is 0 Å². The number of Topliss-reactive ketones (excluding diaryl/α,β-unsaturated/α-hetero) is 2. The number of rotatable bonds is 23. The number of ether oxygens (including phenoxy) is 3. The Labute approximate surface area is 221 Å². The van der Waals surface area contributed by atoms with E-state index in [1.54, 1.807) is 0 Å². The van der Waals surface area contributed by atoms with Gasteiger partial charge in [-0.25, -0.2) is 0 Å². The van der Waals surface area contributed by atoms with E-state index in [0.29, 0.717) is 25.7 Å². The average molecular weight is 541 g/mol. The van der Waals surface area contributed by atoms with Gasteiger partial charge >= 0.3 is 0 Å². The Morgan fingerprint density at radius 2 is 1.05 bits per heavy atom. The van der Waals surface area contributed by atoms with E-state index in [0.717, 1.165) is 26.1 Å². The molecule has 0 bridgehead atoms. The number of unbranched alkanes of at least 4 members (excludes halogenated alkanes) is 4. The second-order valence-corrected chi connectivity index (χ2v) is 8.98. The molecule has 37 heavy (non-hydrogen) atoms. The predicted octanol–water partition coefficient (Wildman–Crippen LogP) is 0.531. The maximum atomic E-state index is 13.2. The summed E-state index contributed by atoms with van der Waals surface area (Å²) in [5.74, 6) is -2.76. The van der Waals surface area contributed by atoms with Gasteiger partial charge < -0.3 is 44.8 Å². The summed E-state index contributed by atoms with van der Waals surface area (Å²) in [5.41, 5.74) is -7.84. The summed E-state index contributed by atoms with van der Waals surface area (Å²) in [7, 11) is 0. The zero-order valence-electron chi connectivity index (χ0n) is 23.2. The SMILES string of the molecule is CCCCCC(O)(CO)C(=O)C(O)(COCCOCCO)C(=O)C(O)(CO)CCCCC.CCOCC. The summed E-state index contributed by atoms with van der Waals surface area (Å²) >= 11 is 0. The molecule has 6 N–H and O–H groups in total. The molecule has 0 aromatic rings. The molecule has 0 radical (unpaired) electrons. The van der Waals surface area contributed by atoms with Gasteiger partial charge in [-0.05, 0) is 26.7 Å². The van der Waals surface area contributed by atoms with E-state index >= 15 is 0 Å². The molecule has 11 nitrogen and oxygen atoms in total. The van der Waals surface area contributed by atoms with Crippen LogP contribution >= 0.6 is 0 Å². The van der Waals surface area contributed by atoms with E-state index in [9.17, 15) is 35.1 Å². The minimum Gasteiger partial charge on any atom is -0.394 e. The molecular weight excluding hydrogens is 488 g/mol. The van der Waals surface area contributed by atoms with Crippen molar-refractivity contribution in [2.45, 2.75) is 95.9 Å². The average Bonchev–Trinajstić information content (AvgIpc) is 2.90. The largest absolute Gasteiger partial charge is 0.394 e. The van der Waals surface area contributed by atoms with Crippen molar-refractivity contribution in [1.82, 2.24) is 0 Å². The van der Waals surface area contributed by atoms with Crippen LogP contribution in [0.25, 0.3) is 0 Å². The molecule has 0 saturated carbocycles. The van der Waals surface area contributed by atoms with Gasteiger partial charge in [-0.3, -0.25) is 9.59 Å². The molecule has 0 aliphatic heterocycles. The van der Waals surface area contributed by atoms with Crippen LogP contribution in [0.3, 0.4) is 0 Å². The smallest absolute Gasteiger partial charge is 0.211 e. The second-order valence-electron chi connectivity index (χ2n) is 8.98. The lowest BCUT2D eigenvalue weighted by Gasteiger charge is -2.38. The quantitative estimate of drug-likeness (QED) is 0.0785. The van der Waals surface area contributed by atoms with E-state index in [1.807, 2.05) is 27.7 Å². The highest BCUT2D eigenvalue weighted by Gasteiger charge is 2.58. The minimum atomic E-state index is -3.00. The van der Waals surface area contributed by atoms with Crippen LogP contribution in [-0.2, 0) is 23.8 Å². The fraction of sp³-hybridized carbons (Fsp3) is 0.923. The molecule has 0 spiro atoms. The monoisotopic (exact) mass is 540 g/mol. The van der Waals surface area contributed by atoms with E-state index in [1.165, 1.54) is 0 Å². The Hall–Kier alpha value is -1.02. The third kappa shape index (κ3) is 14.1. The fourth-order valence-corrected chi connectivity index (χ4v) is 3.58. The molecule has 222 valence electrons. The Bertz CT molecular complexity index is 549. The van der Waals surface area contributed by atoms with Crippen LogP contribution in [0.1, 0.15) is 79.1 Å². The first kappa shape index (κ1) is 38.1. The Balaban J connectivity index is 0. The molecule has 11 heteroatoms. The van der Waals surface area contributed by atoms with Crippen LogP contribution in [0.4, 0.5) is 0 Å². The topological polar surface area (TPSA) is 183 Å². The normalized spacial score (nSPS) is 16.2. The fourth-order valence-electron chi connectivity index (χ4n) is 3.58. The molecule has 0 aliphatic carbocycles. The van der Waals surface area contributed by atoms with Crippen LogP contribution in [0.2, 0.25) is 0 Å². The summed E-state index contributed by atoms with van der Waals surface area (Å²) in [6.45, 7) is 6.21. The van der Waals surface area contributed by atoms with Gasteiger partial charge in [-0.1, -0.05) is 52.4 Å². The molecule has 0 heterocycles. The van der Waals surface area contributed by atoms with E-state index in [2.05, 4.69) is 0 Å². The van der Waals surface area contributed by atoms with Crippen LogP contribution in [0.15, 0.2) is 0 Å². The summed E-state index contributed by atoms with van der Waals surface area (Å²) in [4.78, 5) is 26.4. The van der Waals surface area contributed by atoms with E-state index in [4.69, 9.17) is 19.3 Å². The van der Waals surface area contributed by atoms with Gasteiger partial charge in [0.15, 0.2) is 0 Å². The van der Waals surface area contributed by atoms with Crippen LogP contribution < -0.4 is 0 Å². The molecule has 2 atom stereocenters. The lowest BCUT2D eigenvalue weighted by molar-refractivity contribution is -0.185. The van der Waals surface area contributed by atoms with Crippen molar-refractivity contribution >= 4 is 11.6 Å². The van der Waals surface area contributed by atoms with Gasteiger partial charge in [-0.2, -0.15) is 0 Å². The molecule has 0 fully saturated rings. The lowest BCUT2D eigenvalue weighted by Crippen LogP contribution is -2.66. The zero-order chi connectivity index (χ0) is 28.8. The van der Waals surface area contributed by atoms with Crippen molar-refractivity contribution in [2.75, 3.05) is 59.5 Å². The van der Waals surface area contributed by atoms with Gasteiger partial charge in [-0.15, -0.1) is 0 Å². The summed E-state index contributed by atoms with van der Waals surface area (Å²) in [5, 5.41) is 60.8. The van der Waals surface area contributed by atoms with Gasteiger partial charge in [0.1, 0.15) is 11.2 Å². The Morgan fingerprint density at radius 3 is 1.38 bits per heavy atom. The maximum Gasteiger partial charge on any atom is 0.211 e. The Morgan fingerprint density at radius 1 is 0.622 bits per heavy atom. The minimum absolute atomic E-state index is 0.000552. The first-order valence-electron chi connectivity index (χ1n) is 13.4. The summed E-state index contributed by atoms with van der Waals surface area (Å²) in [6, 6.07) is 0. The molecule has 0 aromatic heterocycles. The molecule has 0 aromatic carbocycles. The molecule has 0 saturated heterocycles. The number of hydrogen-bond donors (Lipinski definition) is 6. The number of hydrogen-bond acceptors (Lipinski definition) is 11. The summed E-state index contributed by atoms with van der Waals surface area (Å²) < 4.78 is 15.1. The first-order valence-corrected chi connectivity index (χ1v) is 13.4. The van der Waals surface area contributed by atoms with Gasteiger partial charge in [0, 0.05) is 13.2 Å². The first-order chi connectivity index (χ1) is 17.5. The molecule has 0 amide bonds. The van der Waals surface area contributed by atoms with Crippen LogP contribution in [0.5, 0.6) is 0 Å². The molecule has 0 rings (SSSR count). The number of aliphatic hydroxyl groups excluding tert-OH is 3. The number of carbonyl (C=O) groups excluding carboxylic acids is 2. The van der Waals surface area contributed by atoms with Crippen LogP contribution in [-0.4, -0.2) is 118 Å². The third-order valence-corrected chi connectivity index (χ3v) is 5.83. The van der Waals surface area contributed by atoms with E-state index < -0.39 is 48.2 Å². The maximum absolute atomic E-state index is 13.2. The van der Waals surface area contributed by atoms with Crippen LogP contribution in [0, 0.1) is 0 Å². The third-order valence-electron chi connectivity index (χ3n) is 5.83. The highest BCUT2D eigenvalue weighted by Crippen LogP contribution is 2.29. The van der Waals surface area contributed by atoms with Crippen molar-refractivity contribution in [3.8, 4) is 0 Å². The number of ketones is 2. The van der Waals surface area contributed by atoms with Gasteiger partial charge in [0.2, 0.25) is 17.2 Å². The van der Waals surface area contributed by atoms with E-state index in [-0.39, 0.29) is 39.3 Å². The van der Waals surface area contributed by atoms with Crippen molar-refractivity contribution in [3.63, 3.8) is 0 Å². The zero-order valence-corrected chi connectivity index (χ0v) is 23.2. The summed E-state index contributed by atoms with van der Waals surface area (Å²) in [6.07, 6.45) is 3.18. The lowest BCUT2D eigenvalue weighted by atomic mass is 9.74. The second kappa shape index (κ2) is 21.9. The highest BCUT2D eigenvalue weighted by molar-refractivity contribution is 6.16. The standard InChI is InChI=1S/C22H42O10.C4H10O/c1-3-5-7-9-20(28,15-24)18(26)22(30,17-32-14-13-31-12-11-23)19(27)21(29,16-25)10-8-6-4-2;1-3-5-4-2/h23-25,28-30H,3-17H2,1-2H3;3-4H2,1-2H3. The highest BCUT2D eigenvalue weighted by atomic mass is 16.5. The van der Waals surface area contributed by atoms with Crippen molar-refractivity contribution in [2.24, 2.45) is 0 Å². The molecule has 0 aliphatic rings. The number of carbonyl (C=O) groups is 2. The molecule has 2 unspecified atom stereocenters. The number of aliphatic hydroxyl groups is 6. The van der Waals surface area contributed by atoms with Crippen molar-refractivity contribution in [1.29, 1.82) is 0 Å². The molecular formula is C26H52O11. The predicted molar refractivity (Wildman–Crippen MR) is 138 cm³/mol. The van der Waals surface area contributed by atoms with Gasteiger partial charge in [0.05, 0.1) is 46.2 Å². The Kier molecular flexibility index (Phi) is 22.5. The van der Waals surface area contributed by atoms with Gasteiger partial charge in [0.25, 0.3) is 0 Å².